The van der Waals surface area contributed by atoms with Crippen molar-refractivity contribution in [3.63, 3.8) is 0 Å². The molecule has 0 spiro atoms. The average Bonchev–Trinajstić information content (AvgIpc) is 3.52. The first-order chi connectivity index (χ1) is 24.7. The van der Waals surface area contributed by atoms with Crippen LogP contribution in [-0.2, 0) is 6.42 Å². The Labute approximate surface area is 295 Å². The van der Waals surface area contributed by atoms with Gasteiger partial charge in [0.2, 0.25) is 0 Å². The van der Waals surface area contributed by atoms with Gasteiger partial charge in [0.15, 0.2) is 0 Å². The topological polar surface area (TPSA) is 41.1 Å². The van der Waals surface area contributed by atoms with Gasteiger partial charge in [-0.3, -0.25) is 5.41 Å². The molecule has 50 heavy (non-hydrogen) atoms. The molecule has 1 atom stereocenters. The van der Waals surface area contributed by atoms with Crippen molar-refractivity contribution in [2.75, 3.05) is 0 Å². The van der Waals surface area contributed by atoms with E-state index in [-0.39, 0.29) is 5.92 Å². The summed E-state index contributed by atoms with van der Waals surface area (Å²) in [7, 11) is 0. The summed E-state index contributed by atoms with van der Waals surface area (Å²) >= 11 is 4.54. The third-order valence-corrected chi connectivity index (χ3v) is 10.9. The van der Waals surface area contributed by atoms with Crippen molar-refractivity contribution in [3.05, 3.63) is 186 Å². The van der Waals surface area contributed by atoms with Crippen LogP contribution in [0.25, 0.3) is 60.2 Å². The van der Waals surface area contributed by atoms with Crippen LogP contribution in [-0.4, -0.2) is 16.0 Å². The number of nitrogens with one attached hydrogen (secondary N) is 1. The van der Waals surface area contributed by atoms with E-state index in [1.807, 2.05) is 0 Å². The van der Waals surface area contributed by atoms with E-state index in [1.54, 1.807) is 0 Å². The lowest BCUT2D eigenvalue weighted by Crippen LogP contribution is -2.27. The molecule has 7 aromatic carbocycles. The molecule has 1 heterocycles. The number of allylic oxidation sites excluding steroid dienone is 4. The maximum Gasteiger partial charge on any atom is 0.104 e. The Bertz CT molecular complexity index is 2800. The molecule has 236 valence electrons. The molecule has 2 aliphatic rings. The Morgan fingerprint density at radius 2 is 1.30 bits per heavy atom. The summed E-state index contributed by atoms with van der Waals surface area (Å²) in [6, 6.07) is 54.1. The second-order valence-corrected chi connectivity index (χ2v) is 13.5. The highest BCUT2D eigenvalue weighted by Gasteiger charge is 2.36. The molecule has 10 rings (SSSR count). The number of benzene rings is 7. The fourth-order valence-corrected chi connectivity index (χ4v) is 8.68. The molecule has 1 aromatic heterocycles. The van der Waals surface area contributed by atoms with E-state index in [0.717, 1.165) is 45.5 Å². The second kappa shape index (κ2) is 11.3. The molecule has 8 aromatic rings. The first-order valence-corrected chi connectivity index (χ1v) is 17.4. The van der Waals surface area contributed by atoms with Crippen molar-refractivity contribution in [2.45, 2.75) is 12.3 Å². The Kier molecular flexibility index (Phi) is 6.55. The van der Waals surface area contributed by atoms with Crippen LogP contribution in [0.3, 0.4) is 0 Å². The van der Waals surface area contributed by atoms with Crippen LogP contribution >= 0.6 is 12.8 Å². The van der Waals surface area contributed by atoms with Gasteiger partial charge >= 0.3 is 0 Å². The van der Waals surface area contributed by atoms with Crippen LogP contribution < -0.4 is 0 Å². The summed E-state index contributed by atoms with van der Waals surface area (Å²) in [6.07, 6.45) is 3.17. The number of fused-ring (bicyclic) bond motifs is 9. The summed E-state index contributed by atoms with van der Waals surface area (Å²) in [5, 5.41) is 17.0. The van der Waals surface area contributed by atoms with Gasteiger partial charge in [0.1, 0.15) is 5.71 Å². The fraction of sp³-hybridized carbons (Fsp3) is 0.0435. The minimum Gasteiger partial charge on any atom is -0.309 e. The molecule has 0 amide bonds. The van der Waals surface area contributed by atoms with Crippen molar-refractivity contribution in [1.82, 2.24) is 4.57 Å². The van der Waals surface area contributed by atoms with Gasteiger partial charge in [-0.1, -0.05) is 121 Å². The predicted molar refractivity (Wildman–Crippen MR) is 214 cm³/mol. The summed E-state index contributed by atoms with van der Waals surface area (Å²) in [6.45, 7) is 0. The third-order valence-electron chi connectivity index (χ3n) is 10.7. The van der Waals surface area contributed by atoms with Crippen LogP contribution in [0.2, 0.25) is 0 Å². The molecular formula is C46H31N3S. The van der Waals surface area contributed by atoms with Crippen molar-refractivity contribution < 1.29 is 0 Å². The lowest BCUT2D eigenvalue weighted by molar-refractivity contribution is 0.794. The Morgan fingerprint density at radius 1 is 0.640 bits per heavy atom. The van der Waals surface area contributed by atoms with Gasteiger partial charge < -0.3 is 4.57 Å². The molecule has 3 nitrogen and oxygen atoms in total. The monoisotopic (exact) mass is 657 g/mol. The molecule has 0 saturated heterocycles. The molecule has 0 saturated carbocycles. The highest BCUT2D eigenvalue weighted by atomic mass is 32.1. The van der Waals surface area contributed by atoms with Crippen molar-refractivity contribution in [1.29, 1.82) is 5.41 Å². The van der Waals surface area contributed by atoms with Crippen molar-refractivity contribution in [2.24, 2.45) is 4.40 Å². The molecule has 4 heteroatoms. The Hall–Kier alpha value is -5.97. The van der Waals surface area contributed by atoms with Gasteiger partial charge in [0, 0.05) is 33.5 Å². The van der Waals surface area contributed by atoms with Gasteiger partial charge in [-0.05, 0) is 105 Å². The van der Waals surface area contributed by atoms with E-state index in [4.69, 9.17) is 0 Å². The van der Waals surface area contributed by atoms with Gasteiger partial charge in [-0.25, -0.2) is 4.40 Å². The largest absolute Gasteiger partial charge is 0.309 e. The summed E-state index contributed by atoms with van der Waals surface area (Å²) in [5.74, 6) is 0.101. The summed E-state index contributed by atoms with van der Waals surface area (Å²) in [5.41, 5.74) is 12.2. The van der Waals surface area contributed by atoms with Gasteiger partial charge in [0.05, 0.1) is 16.7 Å². The Balaban J connectivity index is 1.27. The van der Waals surface area contributed by atoms with Crippen LogP contribution in [0.5, 0.6) is 0 Å². The maximum atomic E-state index is 9.85. The first kappa shape index (κ1) is 29.0. The standard InChI is InChI=1S/C46H31N3S/c47-45-44-38(36(28-11-3-1-4-12-28)26-32-20-19-29-13-7-9-17-34(29)42(32)44)27-37(46(45)48-50)31-22-23-40-39(25-31)43-35-18-10-8-14-30(35)21-24-41(43)49(40)33-15-5-2-6-16-33/h1-25,27,36,47,50H,26H2. The highest BCUT2D eigenvalue weighted by Crippen LogP contribution is 2.48. The number of hydrogen-bond donors (Lipinski definition) is 2. The third kappa shape index (κ3) is 4.25. The number of nitrogens with zero attached hydrogens (tertiary/aromatic N) is 2. The fourth-order valence-electron chi connectivity index (χ4n) is 8.47. The highest BCUT2D eigenvalue weighted by molar-refractivity contribution is 7.79. The molecule has 2 aliphatic carbocycles. The molecule has 0 aliphatic heterocycles. The van der Waals surface area contributed by atoms with Gasteiger partial charge in [-0.2, -0.15) is 0 Å². The van der Waals surface area contributed by atoms with E-state index in [9.17, 15) is 5.41 Å². The zero-order chi connectivity index (χ0) is 33.3. The van der Waals surface area contributed by atoms with E-state index in [1.165, 1.54) is 49.0 Å². The molecular weight excluding hydrogens is 627 g/mol. The Morgan fingerprint density at radius 3 is 2.08 bits per heavy atom. The van der Waals surface area contributed by atoms with Crippen LogP contribution in [0.4, 0.5) is 0 Å². The van der Waals surface area contributed by atoms with E-state index in [0.29, 0.717) is 11.4 Å². The smallest absolute Gasteiger partial charge is 0.104 e. The quantitative estimate of drug-likeness (QED) is 0.140. The lowest BCUT2D eigenvalue weighted by Gasteiger charge is -2.34. The van der Waals surface area contributed by atoms with Crippen LogP contribution in [0, 0.1) is 5.41 Å². The molecule has 1 unspecified atom stereocenters. The SMILES string of the molecule is N=C1C(=NS)C(c2ccc3c(c2)c2c4ccccc4ccc2n3-c2ccccc2)=CC2=C1c1c(ccc3ccccc13)CC2c1ccccc1. The summed E-state index contributed by atoms with van der Waals surface area (Å²) < 4.78 is 6.91. The van der Waals surface area contributed by atoms with E-state index in [2.05, 4.69) is 180 Å². The van der Waals surface area contributed by atoms with Crippen molar-refractivity contribution >= 4 is 78.7 Å². The average molecular weight is 658 g/mol. The zero-order valence-electron chi connectivity index (χ0n) is 27.1. The number of hydrogen-bond acceptors (Lipinski definition) is 3. The van der Waals surface area contributed by atoms with Crippen molar-refractivity contribution in [3.8, 4) is 5.69 Å². The van der Waals surface area contributed by atoms with E-state index < -0.39 is 0 Å². The van der Waals surface area contributed by atoms with Crippen LogP contribution in [0.1, 0.15) is 28.2 Å². The minimum absolute atomic E-state index is 0.101. The van der Waals surface area contributed by atoms with Crippen LogP contribution in [0.15, 0.2) is 168 Å². The normalized spacial score (nSPS) is 16.7. The molecule has 1 N–H and O–H groups in total. The number of para-hydroxylation sites is 1. The van der Waals surface area contributed by atoms with Gasteiger partial charge in [-0.15, -0.1) is 0 Å². The van der Waals surface area contributed by atoms with E-state index >= 15 is 0 Å². The zero-order valence-corrected chi connectivity index (χ0v) is 28.0. The lowest BCUT2D eigenvalue weighted by atomic mass is 9.69. The molecule has 0 fully saturated rings. The summed E-state index contributed by atoms with van der Waals surface area (Å²) in [4.78, 5) is 0. The van der Waals surface area contributed by atoms with Gasteiger partial charge in [0.25, 0.3) is 0 Å². The molecule has 0 bridgehead atoms. The predicted octanol–water partition coefficient (Wildman–Crippen LogP) is 11.6. The first-order valence-electron chi connectivity index (χ1n) is 17.0. The molecule has 0 radical (unpaired) electrons. The minimum atomic E-state index is 0.101. The number of aromatic nitrogens is 1. The second-order valence-electron chi connectivity index (χ2n) is 13.3. The number of rotatable bonds is 3. The maximum absolute atomic E-state index is 9.85. The number of thiol groups is 1.